The zero-order valence-corrected chi connectivity index (χ0v) is 14.7. The fraction of sp³-hybridized carbons (Fsp3) is 0.579. The lowest BCUT2D eigenvalue weighted by Gasteiger charge is -2.22. The Kier molecular flexibility index (Phi) is 6.42. The van der Waals surface area contributed by atoms with Crippen molar-refractivity contribution in [2.45, 2.75) is 38.1 Å². The lowest BCUT2D eigenvalue weighted by Crippen LogP contribution is -2.43. The van der Waals surface area contributed by atoms with Crippen LogP contribution in [-0.4, -0.2) is 55.5 Å². The molecular formula is C19H28N4O2. The van der Waals surface area contributed by atoms with Crippen molar-refractivity contribution in [3.8, 4) is 0 Å². The van der Waals surface area contributed by atoms with Crippen molar-refractivity contribution in [1.82, 2.24) is 15.5 Å². The maximum Gasteiger partial charge on any atom is 0.251 e. The summed E-state index contributed by atoms with van der Waals surface area (Å²) >= 11 is 0. The first-order valence-corrected chi connectivity index (χ1v) is 9.37. The van der Waals surface area contributed by atoms with Crippen LogP contribution < -0.4 is 16.0 Å². The standard InChI is InChI=1S/C19H28N4O2/c24-18(21-11-14-23-12-3-4-13-23)15-6-8-16(9-7-15)22-19(25)17-5-1-2-10-20-17/h6-9,17,20H,1-5,10-14H2,(H,21,24)(H,22,25)/t17-/m1/s1. The van der Waals surface area contributed by atoms with Crippen LogP contribution in [0.25, 0.3) is 0 Å². The number of carbonyl (C=O) groups is 2. The van der Waals surface area contributed by atoms with E-state index in [1.54, 1.807) is 24.3 Å². The molecule has 0 bridgehead atoms. The summed E-state index contributed by atoms with van der Waals surface area (Å²) in [7, 11) is 0. The predicted molar refractivity (Wildman–Crippen MR) is 98.7 cm³/mol. The van der Waals surface area contributed by atoms with Gasteiger partial charge in [0.05, 0.1) is 6.04 Å². The molecule has 2 saturated heterocycles. The minimum Gasteiger partial charge on any atom is -0.351 e. The summed E-state index contributed by atoms with van der Waals surface area (Å²) in [5.41, 5.74) is 1.35. The van der Waals surface area contributed by atoms with Crippen molar-refractivity contribution >= 4 is 17.5 Å². The second kappa shape index (κ2) is 8.97. The van der Waals surface area contributed by atoms with E-state index in [9.17, 15) is 9.59 Å². The van der Waals surface area contributed by atoms with E-state index in [-0.39, 0.29) is 17.9 Å². The zero-order valence-electron chi connectivity index (χ0n) is 14.7. The minimum atomic E-state index is -0.109. The van der Waals surface area contributed by atoms with E-state index in [0.717, 1.165) is 51.1 Å². The van der Waals surface area contributed by atoms with Gasteiger partial charge in [-0.05, 0) is 69.6 Å². The molecule has 0 saturated carbocycles. The van der Waals surface area contributed by atoms with Crippen LogP contribution in [0.15, 0.2) is 24.3 Å². The quantitative estimate of drug-likeness (QED) is 0.733. The van der Waals surface area contributed by atoms with Gasteiger partial charge < -0.3 is 20.9 Å². The highest BCUT2D eigenvalue weighted by atomic mass is 16.2. The van der Waals surface area contributed by atoms with E-state index in [4.69, 9.17) is 0 Å². The first-order valence-electron chi connectivity index (χ1n) is 9.37. The van der Waals surface area contributed by atoms with Crippen molar-refractivity contribution in [2.24, 2.45) is 0 Å². The first-order chi connectivity index (χ1) is 12.2. The predicted octanol–water partition coefficient (Wildman–Crippen LogP) is 1.59. The number of hydrogen-bond donors (Lipinski definition) is 3. The molecule has 25 heavy (non-hydrogen) atoms. The maximum atomic E-state index is 12.2. The average Bonchev–Trinajstić information content (AvgIpc) is 3.16. The van der Waals surface area contributed by atoms with Crippen molar-refractivity contribution in [2.75, 3.05) is 38.0 Å². The number of nitrogens with zero attached hydrogens (tertiary/aromatic N) is 1. The first kappa shape index (κ1) is 17.9. The molecule has 0 unspecified atom stereocenters. The Labute approximate surface area is 149 Å². The van der Waals surface area contributed by atoms with Crippen molar-refractivity contribution in [1.29, 1.82) is 0 Å². The molecule has 0 aliphatic carbocycles. The molecule has 2 aliphatic heterocycles. The zero-order chi connectivity index (χ0) is 17.5. The van der Waals surface area contributed by atoms with Gasteiger partial charge in [0.25, 0.3) is 5.91 Å². The van der Waals surface area contributed by atoms with E-state index in [0.29, 0.717) is 12.1 Å². The van der Waals surface area contributed by atoms with Crippen molar-refractivity contribution < 1.29 is 9.59 Å². The number of benzene rings is 1. The van der Waals surface area contributed by atoms with Crippen LogP contribution in [0, 0.1) is 0 Å². The van der Waals surface area contributed by atoms with Gasteiger partial charge in [-0.1, -0.05) is 6.42 Å². The molecule has 3 rings (SSSR count). The molecule has 2 heterocycles. The second-order valence-corrected chi connectivity index (χ2v) is 6.87. The Morgan fingerprint density at radius 1 is 1.08 bits per heavy atom. The molecule has 2 fully saturated rings. The summed E-state index contributed by atoms with van der Waals surface area (Å²) in [6, 6.07) is 6.98. The van der Waals surface area contributed by atoms with Crippen LogP contribution >= 0.6 is 0 Å². The van der Waals surface area contributed by atoms with Crippen LogP contribution in [0.5, 0.6) is 0 Å². The third-order valence-corrected chi connectivity index (χ3v) is 4.95. The molecule has 0 spiro atoms. The molecule has 2 aliphatic rings. The van der Waals surface area contributed by atoms with E-state index >= 15 is 0 Å². The molecule has 0 radical (unpaired) electrons. The van der Waals surface area contributed by atoms with Gasteiger partial charge in [-0.3, -0.25) is 9.59 Å². The second-order valence-electron chi connectivity index (χ2n) is 6.87. The number of carbonyl (C=O) groups excluding carboxylic acids is 2. The Balaban J connectivity index is 1.44. The number of hydrogen-bond acceptors (Lipinski definition) is 4. The molecule has 1 aromatic rings. The minimum absolute atomic E-state index is 0.00233. The lowest BCUT2D eigenvalue weighted by atomic mass is 10.0. The van der Waals surface area contributed by atoms with Crippen molar-refractivity contribution in [3.63, 3.8) is 0 Å². The number of amides is 2. The summed E-state index contributed by atoms with van der Waals surface area (Å²) in [6.07, 6.45) is 5.62. The lowest BCUT2D eigenvalue weighted by molar-refractivity contribution is -0.118. The number of likely N-dealkylation sites (tertiary alicyclic amines) is 1. The van der Waals surface area contributed by atoms with Crippen LogP contribution in [0.4, 0.5) is 5.69 Å². The molecule has 1 atom stereocenters. The highest BCUT2D eigenvalue weighted by molar-refractivity contribution is 5.97. The fourth-order valence-electron chi connectivity index (χ4n) is 3.45. The summed E-state index contributed by atoms with van der Waals surface area (Å²) in [5, 5.41) is 9.11. The maximum absolute atomic E-state index is 12.2. The Bertz CT molecular complexity index is 576. The van der Waals surface area contributed by atoms with Gasteiger partial charge >= 0.3 is 0 Å². The van der Waals surface area contributed by atoms with Gasteiger partial charge in [0.1, 0.15) is 0 Å². The number of anilines is 1. The Morgan fingerprint density at radius 2 is 1.84 bits per heavy atom. The molecule has 6 nitrogen and oxygen atoms in total. The molecule has 3 N–H and O–H groups in total. The summed E-state index contributed by atoms with van der Waals surface area (Å²) in [4.78, 5) is 26.7. The SMILES string of the molecule is O=C(NCCN1CCCC1)c1ccc(NC(=O)[C@H]2CCCCN2)cc1. The molecule has 0 aromatic heterocycles. The highest BCUT2D eigenvalue weighted by Gasteiger charge is 2.20. The highest BCUT2D eigenvalue weighted by Crippen LogP contribution is 2.13. The van der Waals surface area contributed by atoms with Gasteiger partial charge in [-0.15, -0.1) is 0 Å². The van der Waals surface area contributed by atoms with E-state index < -0.39 is 0 Å². The van der Waals surface area contributed by atoms with Crippen LogP contribution in [0.3, 0.4) is 0 Å². The summed E-state index contributed by atoms with van der Waals surface area (Å²) in [5.74, 6) is -0.0615. The van der Waals surface area contributed by atoms with Gasteiger partial charge in [-0.2, -0.15) is 0 Å². The van der Waals surface area contributed by atoms with Crippen LogP contribution in [-0.2, 0) is 4.79 Å². The smallest absolute Gasteiger partial charge is 0.251 e. The van der Waals surface area contributed by atoms with Gasteiger partial charge in [-0.25, -0.2) is 0 Å². The largest absolute Gasteiger partial charge is 0.351 e. The molecular weight excluding hydrogens is 316 g/mol. The Morgan fingerprint density at radius 3 is 2.52 bits per heavy atom. The van der Waals surface area contributed by atoms with Crippen LogP contribution in [0.1, 0.15) is 42.5 Å². The van der Waals surface area contributed by atoms with Crippen LogP contribution in [0.2, 0.25) is 0 Å². The normalized spacial score (nSPS) is 21.0. The number of nitrogens with one attached hydrogen (secondary N) is 3. The van der Waals surface area contributed by atoms with Crippen molar-refractivity contribution in [3.05, 3.63) is 29.8 Å². The molecule has 136 valence electrons. The summed E-state index contributed by atoms with van der Waals surface area (Å²) < 4.78 is 0. The topological polar surface area (TPSA) is 73.5 Å². The monoisotopic (exact) mass is 344 g/mol. The van der Waals surface area contributed by atoms with Gasteiger partial charge in [0, 0.05) is 24.3 Å². The number of piperidine rings is 1. The van der Waals surface area contributed by atoms with E-state index in [1.165, 1.54) is 12.8 Å². The fourth-order valence-corrected chi connectivity index (χ4v) is 3.45. The average molecular weight is 344 g/mol. The Hall–Kier alpha value is -1.92. The van der Waals surface area contributed by atoms with E-state index in [2.05, 4.69) is 20.9 Å². The summed E-state index contributed by atoms with van der Waals surface area (Å²) in [6.45, 7) is 4.76. The molecule has 2 amide bonds. The molecule has 6 heteroatoms. The van der Waals surface area contributed by atoms with Gasteiger partial charge in [0.2, 0.25) is 5.91 Å². The molecule has 1 aromatic carbocycles. The van der Waals surface area contributed by atoms with Gasteiger partial charge in [0.15, 0.2) is 0 Å². The third-order valence-electron chi connectivity index (χ3n) is 4.95. The number of rotatable bonds is 6. The third kappa shape index (κ3) is 5.28. The van der Waals surface area contributed by atoms with E-state index in [1.807, 2.05) is 0 Å².